The van der Waals surface area contributed by atoms with Gasteiger partial charge in [0.25, 0.3) is 10.0 Å². The fraction of sp³-hybridized carbons (Fsp3) is 0.263. The summed E-state index contributed by atoms with van der Waals surface area (Å²) < 4.78 is 32.7. The van der Waals surface area contributed by atoms with E-state index in [1.807, 2.05) is 19.1 Å². The average molecular weight is 370 g/mol. The van der Waals surface area contributed by atoms with Crippen LogP contribution in [0.5, 0.6) is 0 Å². The molecule has 2 aromatic carbocycles. The molecule has 7 heteroatoms. The van der Waals surface area contributed by atoms with Gasteiger partial charge in [0.2, 0.25) is 0 Å². The van der Waals surface area contributed by atoms with Gasteiger partial charge in [-0.2, -0.15) is 5.26 Å². The Kier molecular flexibility index (Phi) is 4.70. The van der Waals surface area contributed by atoms with Crippen LogP contribution in [-0.2, 0) is 21.2 Å². The van der Waals surface area contributed by atoms with E-state index in [2.05, 4.69) is 0 Å². The maximum atomic E-state index is 13.2. The molecule has 1 aliphatic rings. The summed E-state index contributed by atoms with van der Waals surface area (Å²) in [6, 6.07) is 14.7. The number of sulfonamides is 1. The molecule has 1 heterocycles. The first-order valence-corrected chi connectivity index (χ1v) is 9.61. The Morgan fingerprint density at radius 3 is 2.73 bits per heavy atom. The van der Waals surface area contributed by atoms with Gasteiger partial charge in [0.1, 0.15) is 6.07 Å². The summed E-state index contributed by atoms with van der Waals surface area (Å²) in [4.78, 5) is 12.1. The molecule has 0 N–H and O–H groups in total. The van der Waals surface area contributed by atoms with Gasteiger partial charge in [-0.3, -0.25) is 4.31 Å². The summed E-state index contributed by atoms with van der Waals surface area (Å²) in [5.41, 5.74) is 1.72. The summed E-state index contributed by atoms with van der Waals surface area (Å²) in [5.74, 6) is -0.731. The largest absolute Gasteiger partial charge is 0.444 e. The lowest BCUT2D eigenvalue weighted by atomic mass is 10.1. The maximum Gasteiger partial charge on any atom is 0.339 e. The number of fused-ring (bicyclic) bond motifs is 1. The van der Waals surface area contributed by atoms with Gasteiger partial charge in [0.05, 0.1) is 16.1 Å². The number of esters is 1. The van der Waals surface area contributed by atoms with Crippen molar-refractivity contribution < 1.29 is 17.9 Å². The number of nitriles is 1. The highest BCUT2D eigenvalue weighted by atomic mass is 32.2. The van der Waals surface area contributed by atoms with E-state index in [1.54, 1.807) is 18.2 Å². The number of nitrogens with zero attached hydrogens (tertiary/aromatic N) is 2. The third-order valence-electron chi connectivity index (χ3n) is 4.24. The zero-order valence-corrected chi connectivity index (χ0v) is 15.2. The van der Waals surface area contributed by atoms with Gasteiger partial charge in [-0.25, -0.2) is 13.2 Å². The number of ether oxygens (including phenoxy) is 1. The SMILES string of the molecule is CC(C#N)OC(=O)c1cccc(S(=O)(=O)N2c3ccccc3CC2C)c1. The van der Waals surface area contributed by atoms with Crippen molar-refractivity contribution in [2.24, 2.45) is 0 Å². The third kappa shape index (κ3) is 3.16. The van der Waals surface area contributed by atoms with Crippen LogP contribution in [0, 0.1) is 11.3 Å². The molecule has 0 amide bonds. The van der Waals surface area contributed by atoms with Crippen LogP contribution in [0.1, 0.15) is 29.8 Å². The number of benzene rings is 2. The Morgan fingerprint density at radius 2 is 2.00 bits per heavy atom. The van der Waals surface area contributed by atoms with E-state index in [4.69, 9.17) is 10.00 Å². The number of hydrogen-bond acceptors (Lipinski definition) is 5. The second-order valence-electron chi connectivity index (χ2n) is 6.19. The number of hydrogen-bond donors (Lipinski definition) is 0. The zero-order valence-electron chi connectivity index (χ0n) is 14.4. The molecule has 0 radical (unpaired) electrons. The average Bonchev–Trinajstić information content (AvgIpc) is 2.98. The smallest absolute Gasteiger partial charge is 0.339 e. The highest BCUT2D eigenvalue weighted by Crippen LogP contribution is 2.36. The lowest BCUT2D eigenvalue weighted by Gasteiger charge is -2.24. The van der Waals surface area contributed by atoms with E-state index in [9.17, 15) is 13.2 Å². The zero-order chi connectivity index (χ0) is 18.9. The predicted octanol–water partition coefficient (Wildman–Crippen LogP) is 2.90. The quantitative estimate of drug-likeness (QED) is 0.772. The Labute approximate surface area is 152 Å². The van der Waals surface area contributed by atoms with Crippen molar-refractivity contribution in [2.45, 2.75) is 37.3 Å². The molecule has 0 saturated heterocycles. The van der Waals surface area contributed by atoms with Crippen molar-refractivity contribution in [3.05, 3.63) is 59.7 Å². The molecular weight excluding hydrogens is 352 g/mol. The molecule has 0 fully saturated rings. The fourth-order valence-electron chi connectivity index (χ4n) is 3.06. The van der Waals surface area contributed by atoms with Gasteiger partial charge >= 0.3 is 5.97 Å². The van der Waals surface area contributed by atoms with Crippen molar-refractivity contribution in [1.29, 1.82) is 5.26 Å². The lowest BCUT2D eigenvalue weighted by Crippen LogP contribution is -2.35. The Bertz CT molecular complexity index is 995. The van der Waals surface area contributed by atoms with Crippen LogP contribution in [0.25, 0.3) is 0 Å². The number of para-hydroxylation sites is 1. The van der Waals surface area contributed by atoms with Crippen LogP contribution in [0.2, 0.25) is 0 Å². The molecule has 0 aliphatic carbocycles. The maximum absolute atomic E-state index is 13.2. The molecule has 134 valence electrons. The van der Waals surface area contributed by atoms with E-state index in [0.717, 1.165) is 5.56 Å². The number of carbonyl (C=O) groups is 1. The molecule has 0 spiro atoms. The first kappa shape index (κ1) is 18.0. The molecule has 2 aromatic rings. The third-order valence-corrected chi connectivity index (χ3v) is 6.16. The normalized spacial score (nSPS) is 17.3. The molecule has 2 unspecified atom stereocenters. The minimum atomic E-state index is -3.83. The van der Waals surface area contributed by atoms with Crippen molar-refractivity contribution in [1.82, 2.24) is 0 Å². The van der Waals surface area contributed by atoms with Crippen LogP contribution in [0.3, 0.4) is 0 Å². The van der Waals surface area contributed by atoms with E-state index in [-0.39, 0.29) is 16.5 Å². The summed E-state index contributed by atoms with van der Waals surface area (Å²) in [6.07, 6.45) is -0.273. The molecule has 1 aliphatic heterocycles. The second kappa shape index (κ2) is 6.81. The van der Waals surface area contributed by atoms with Crippen molar-refractivity contribution >= 4 is 21.7 Å². The first-order valence-electron chi connectivity index (χ1n) is 8.17. The van der Waals surface area contributed by atoms with Crippen LogP contribution < -0.4 is 4.31 Å². The Balaban J connectivity index is 1.98. The van der Waals surface area contributed by atoms with Crippen LogP contribution in [0.15, 0.2) is 53.4 Å². The molecule has 26 heavy (non-hydrogen) atoms. The molecule has 3 rings (SSSR count). The second-order valence-corrected chi connectivity index (χ2v) is 8.00. The summed E-state index contributed by atoms with van der Waals surface area (Å²) in [7, 11) is -3.83. The number of rotatable bonds is 4. The summed E-state index contributed by atoms with van der Waals surface area (Å²) in [6.45, 7) is 3.30. The van der Waals surface area contributed by atoms with E-state index >= 15 is 0 Å². The molecule has 0 aromatic heterocycles. The van der Waals surface area contributed by atoms with E-state index in [0.29, 0.717) is 12.1 Å². The van der Waals surface area contributed by atoms with Gasteiger partial charge in [-0.05, 0) is 50.1 Å². The molecular formula is C19H18N2O4S. The van der Waals surface area contributed by atoms with Crippen LogP contribution >= 0.6 is 0 Å². The molecule has 0 bridgehead atoms. The van der Waals surface area contributed by atoms with Gasteiger partial charge in [0, 0.05) is 6.04 Å². The fourth-order valence-corrected chi connectivity index (χ4v) is 4.79. The highest BCUT2D eigenvalue weighted by Gasteiger charge is 2.36. The van der Waals surface area contributed by atoms with Gasteiger partial charge in [0.15, 0.2) is 6.10 Å². The minimum absolute atomic E-state index is 0.0140. The van der Waals surface area contributed by atoms with Gasteiger partial charge in [-0.15, -0.1) is 0 Å². The summed E-state index contributed by atoms with van der Waals surface area (Å²) in [5, 5.41) is 8.75. The van der Waals surface area contributed by atoms with E-state index in [1.165, 1.54) is 35.5 Å². The summed E-state index contributed by atoms with van der Waals surface area (Å²) >= 11 is 0. The molecule has 2 atom stereocenters. The lowest BCUT2D eigenvalue weighted by molar-refractivity contribution is 0.0435. The first-order chi connectivity index (χ1) is 12.3. The van der Waals surface area contributed by atoms with Crippen LogP contribution in [-0.4, -0.2) is 26.5 Å². The number of anilines is 1. The Hall–Kier alpha value is -2.85. The standard InChI is InChI=1S/C19H18N2O4S/c1-13-10-15-6-3-4-9-18(15)21(13)26(23,24)17-8-5-7-16(11-17)19(22)25-14(2)12-20/h3-9,11,13-14H,10H2,1-2H3. The van der Waals surface area contributed by atoms with Gasteiger partial charge < -0.3 is 4.74 Å². The molecule has 0 saturated carbocycles. The van der Waals surface area contributed by atoms with Crippen LogP contribution in [0.4, 0.5) is 5.69 Å². The Morgan fingerprint density at radius 1 is 1.27 bits per heavy atom. The van der Waals surface area contributed by atoms with Crippen molar-refractivity contribution in [3.63, 3.8) is 0 Å². The van der Waals surface area contributed by atoms with E-state index < -0.39 is 22.1 Å². The number of carbonyl (C=O) groups excluding carboxylic acids is 1. The van der Waals surface area contributed by atoms with Crippen molar-refractivity contribution in [2.75, 3.05) is 4.31 Å². The monoisotopic (exact) mass is 370 g/mol. The predicted molar refractivity (Wildman–Crippen MR) is 96.2 cm³/mol. The highest BCUT2D eigenvalue weighted by molar-refractivity contribution is 7.92. The minimum Gasteiger partial charge on any atom is -0.444 e. The molecule has 6 nitrogen and oxygen atoms in total. The van der Waals surface area contributed by atoms with Crippen molar-refractivity contribution in [3.8, 4) is 6.07 Å². The van der Waals surface area contributed by atoms with Gasteiger partial charge in [-0.1, -0.05) is 24.3 Å². The topological polar surface area (TPSA) is 87.5 Å².